The predicted molar refractivity (Wildman–Crippen MR) is 70.0 cm³/mol. The number of rotatable bonds is 2. The average molecular weight is 312 g/mol. The van der Waals surface area contributed by atoms with Gasteiger partial charge in [-0.15, -0.1) is 0 Å². The van der Waals surface area contributed by atoms with Crippen molar-refractivity contribution in [1.29, 1.82) is 0 Å². The first-order valence-corrected chi connectivity index (χ1v) is 6.03. The first-order valence-electron chi connectivity index (χ1n) is 5.24. The van der Waals surface area contributed by atoms with E-state index in [1.807, 2.05) is 6.92 Å². The number of halogens is 2. The van der Waals surface area contributed by atoms with Crippen molar-refractivity contribution in [2.75, 3.05) is 5.32 Å². The summed E-state index contributed by atoms with van der Waals surface area (Å²) in [5.41, 5.74) is 1.74. The molecule has 1 amide bonds. The summed E-state index contributed by atoms with van der Waals surface area (Å²) < 4.78 is 14.9. The normalized spacial score (nSPS) is 10.4. The zero-order valence-electron chi connectivity index (χ0n) is 9.87. The highest BCUT2D eigenvalue weighted by Gasteiger charge is 2.12. The van der Waals surface area contributed by atoms with E-state index in [1.165, 1.54) is 22.9 Å². The van der Waals surface area contributed by atoms with E-state index in [2.05, 4.69) is 26.3 Å². The van der Waals surface area contributed by atoms with Gasteiger partial charge < -0.3 is 5.32 Å². The van der Waals surface area contributed by atoms with E-state index in [1.54, 1.807) is 13.1 Å². The summed E-state index contributed by atoms with van der Waals surface area (Å²) in [6, 6.07) is 5.99. The number of nitrogens with one attached hydrogen (secondary N) is 1. The molecule has 0 bridgehead atoms. The summed E-state index contributed by atoms with van der Waals surface area (Å²) in [7, 11) is 1.70. The third-order valence-corrected chi connectivity index (χ3v) is 3.02. The van der Waals surface area contributed by atoms with Crippen molar-refractivity contribution in [3.63, 3.8) is 0 Å². The molecule has 1 heterocycles. The molecule has 1 aromatic heterocycles. The Kier molecular flexibility index (Phi) is 3.47. The van der Waals surface area contributed by atoms with Gasteiger partial charge in [-0.2, -0.15) is 5.10 Å². The Labute approximate surface area is 112 Å². The molecule has 18 heavy (non-hydrogen) atoms. The fraction of sp³-hybridized carbons (Fsp3) is 0.167. The minimum absolute atomic E-state index is 0.281. The van der Waals surface area contributed by atoms with Gasteiger partial charge in [0.25, 0.3) is 5.91 Å². The molecule has 0 saturated carbocycles. The molecule has 2 aromatic rings. The van der Waals surface area contributed by atoms with Crippen LogP contribution in [0, 0.1) is 12.7 Å². The second-order valence-corrected chi connectivity index (χ2v) is 4.73. The van der Waals surface area contributed by atoms with E-state index in [9.17, 15) is 9.18 Å². The molecule has 0 fully saturated rings. The Morgan fingerprint density at radius 2 is 2.17 bits per heavy atom. The summed E-state index contributed by atoms with van der Waals surface area (Å²) in [5, 5.41) is 6.78. The van der Waals surface area contributed by atoms with E-state index in [0.717, 1.165) is 5.69 Å². The first-order chi connectivity index (χ1) is 8.47. The van der Waals surface area contributed by atoms with Crippen molar-refractivity contribution in [1.82, 2.24) is 9.78 Å². The molecule has 2 rings (SSSR count). The third-order valence-electron chi connectivity index (χ3n) is 2.41. The molecule has 6 heteroatoms. The Morgan fingerprint density at radius 3 is 2.72 bits per heavy atom. The molecule has 0 radical (unpaired) electrons. The standard InChI is InChI=1S/C12H11BrFN3O/c1-7-5-11(17(2)16-7)12(18)15-8-3-4-10(14)9(13)6-8/h3-6H,1-2H3,(H,15,18). The SMILES string of the molecule is Cc1cc(C(=O)Nc2ccc(F)c(Br)c2)n(C)n1. The van der Waals surface area contributed by atoms with Gasteiger partial charge in [-0.25, -0.2) is 4.39 Å². The van der Waals surface area contributed by atoms with E-state index < -0.39 is 0 Å². The van der Waals surface area contributed by atoms with Crippen LogP contribution in [0.3, 0.4) is 0 Å². The molecule has 0 spiro atoms. The summed E-state index contributed by atoms with van der Waals surface area (Å²) in [6.07, 6.45) is 0. The lowest BCUT2D eigenvalue weighted by Gasteiger charge is -2.06. The van der Waals surface area contributed by atoms with Gasteiger partial charge in [0, 0.05) is 12.7 Å². The first kappa shape index (κ1) is 12.8. The molecule has 0 aliphatic carbocycles. The smallest absolute Gasteiger partial charge is 0.273 e. The van der Waals surface area contributed by atoms with Crippen LogP contribution in [0.5, 0.6) is 0 Å². The number of benzene rings is 1. The largest absolute Gasteiger partial charge is 0.321 e. The van der Waals surface area contributed by atoms with E-state index >= 15 is 0 Å². The van der Waals surface area contributed by atoms with Crippen LogP contribution < -0.4 is 5.32 Å². The highest BCUT2D eigenvalue weighted by atomic mass is 79.9. The molecule has 94 valence electrons. The van der Waals surface area contributed by atoms with Crippen LogP contribution in [0.15, 0.2) is 28.7 Å². The third kappa shape index (κ3) is 2.59. The molecule has 0 aliphatic rings. The van der Waals surface area contributed by atoms with Crippen molar-refractivity contribution in [3.8, 4) is 0 Å². The number of carbonyl (C=O) groups excluding carboxylic acids is 1. The molecule has 0 aliphatic heterocycles. The van der Waals surface area contributed by atoms with Crippen molar-refractivity contribution in [2.24, 2.45) is 7.05 Å². The zero-order chi connectivity index (χ0) is 13.3. The predicted octanol–water partition coefficient (Wildman–Crippen LogP) is 2.88. The maximum Gasteiger partial charge on any atom is 0.273 e. The quantitative estimate of drug-likeness (QED) is 0.927. The number of hydrogen-bond acceptors (Lipinski definition) is 2. The van der Waals surface area contributed by atoms with Gasteiger partial charge in [-0.1, -0.05) is 0 Å². The van der Waals surface area contributed by atoms with Gasteiger partial charge in [0.1, 0.15) is 11.5 Å². The Morgan fingerprint density at radius 1 is 1.44 bits per heavy atom. The lowest BCUT2D eigenvalue weighted by molar-refractivity contribution is 0.101. The summed E-state index contributed by atoms with van der Waals surface area (Å²) in [4.78, 5) is 12.0. The topological polar surface area (TPSA) is 46.9 Å². The Hall–Kier alpha value is -1.69. The monoisotopic (exact) mass is 311 g/mol. The van der Waals surface area contributed by atoms with Crippen molar-refractivity contribution < 1.29 is 9.18 Å². The molecule has 0 atom stereocenters. The number of amides is 1. The van der Waals surface area contributed by atoms with Gasteiger partial charge in [0.15, 0.2) is 0 Å². The molecule has 0 unspecified atom stereocenters. The lowest BCUT2D eigenvalue weighted by Crippen LogP contribution is -2.16. The highest BCUT2D eigenvalue weighted by Crippen LogP contribution is 2.20. The Balaban J connectivity index is 2.21. The summed E-state index contributed by atoms with van der Waals surface area (Å²) in [5.74, 6) is -0.652. The fourth-order valence-electron chi connectivity index (χ4n) is 1.59. The number of hydrogen-bond donors (Lipinski definition) is 1. The van der Waals surface area contributed by atoms with Crippen LogP contribution in [-0.4, -0.2) is 15.7 Å². The van der Waals surface area contributed by atoms with Crippen LogP contribution in [0.2, 0.25) is 0 Å². The van der Waals surface area contributed by atoms with Gasteiger partial charge in [0.05, 0.1) is 10.2 Å². The average Bonchev–Trinajstić information content (AvgIpc) is 2.63. The summed E-state index contributed by atoms with van der Waals surface area (Å²) >= 11 is 3.07. The van der Waals surface area contributed by atoms with Crippen LogP contribution in [0.4, 0.5) is 10.1 Å². The number of carbonyl (C=O) groups is 1. The maximum atomic E-state index is 13.1. The van der Waals surface area contributed by atoms with Crippen molar-refractivity contribution in [2.45, 2.75) is 6.92 Å². The summed E-state index contributed by atoms with van der Waals surface area (Å²) in [6.45, 7) is 1.81. The molecule has 4 nitrogen and oxygen atoms in total. The van der Waals surface area contributed by atoms with Crippen molar-refractivity contribution in [3.05, 3.63) is 45.9 Å². The van der Waals surface area contributed by atoms with Gasteiger partial charge in [-0.05, 0) is 47.1 Å². The molecule has 1 N–H and O–H groups in total. The lowest BCUT2D eigenvalue weighted by atomic mass is 10.3. The fourth-order valence-corrected chi connectivity index (χ4v) is 1.97. The molecule has 1 aromatic carbocycles. The van der Waals surface area contributed by atoms with E-state index in [0.29, 0.717) is 15.9 Å². The van der Waals surface area contributed by atoms with Crippen LogP contribution >= 0.6 is 15.9 Å². The highest BCUT2D eigenvalue weighted by molar-refractivity contribution is 9.10. The Bertz CT molecular complexity index is 609. The van der Waals surface area contributed by atoms with E-state index in [4.69, 9.17) is 0 Å². The van der Waals surface area contributed by atoms with Crippen LogP contribution in [-0.2, 0) is 7.05 Å². The van der Waals surface area contributed by atoms with Crippen LogP contribution in [0.25, 0.3) is 0 Å². The minimum atomic E-state index is -0.371. The molecular formula is C12H11BrFN3O. The molecular weight excluding hydrogens is 301 g/mol. The van der Waals surface area contributed by atoms with Crippen LogP contribution in [0.1, 0.15) is 16.2 Å². The van der Waals surface area contributed by atoms with Gasteiger partial charge in [0.2, 0.25) is 0 Å². The number of nitrogens with zero attached hydrogens (tertiary/aromatic N) is 2. The second-order valence-electron chi connectivity index (χ2n) is 3.88. The number of aromatic nitrogens is 2. The minimum Gasteiger partial charge on any atom is -0.321 e. The second kappa shape index (κ2) is 4.89. The van der Waals surface area contributed by atoms with Gasteiger partial charge in [-0.3, -0.25) is 9.48 Å². The maximum absolute atomic E-state index is 13.1. The van der Waals surface area contributed by atoms with Crippen molar-refractivity contribution >= 4 is 27.5 Å². The number of anilines is 1. The number of aryl methyl sites for hydroxylation is 2. The zero-order valence-corrected chi connectivity index (χ0v) is 11.5. The van der Waals surface area contributed by atoms with E-state index in [-0.39, 0.29) is 11.7 Å². The van der Waals surface area contributed by atoms with Gasteiger partial charge >= 0.3 is 0 Å². The molecule has 0 saturated heterocycles.